The standard InChI is InChI=1S/C6H7BrN4S/c7-4-3-12-6(8)5(4)11-2-1-9-10-11/h1,3,10H,2,8H2. The zero-order valence-corrected chi connectivity index (χ0v) is 8.52. The lowest BCUT2D eigenvalue weighted by atomic mass is 10.4. The number of halogens is 1. The number of thiophene rings is 1. The van der Waals surface area contributed by atoms with Crippen LogP contribution in [0.1, 0.15) is 0 Å². The molecule has 0 radical (unpaired) electrons. The second kappa shape index (κ2) is 2.95. The van der Waals surface area contributed by atoms with Crippen molar-refractivity contribution in [3.05, 3.63) is 9.85 Å². The minimum absolute atomic E-state index is 0.750. The largest absolute Gasteiger partial charge is 0.389 e. The van der Waals surface area contributed by atoms with Gasteiger partial charge in [0.15, 0.2) is 0 Å². The van der Waals surface area contributed by atoms with Gasteiger partial charge in [-0.15, -0.1) is 11.3 Å². The Balaban J connectivity index is 2.32. The summed E-state index contributed by atoms with van der Waals surface area (Å²) < 4.78 is 1.00. The number of anilines is 2. The molecule has 0 saturated carbocycles. The summed E-state index contributed by atoms with van der Waals surface area (Å²) in [6.07, 6.45) is 1.80. The van der Waals surface area contributed by atoms with Gasteiger partial charge in [-0.2, -0.15) is 5.10 Å². The van der Waals surface area contributed by atoms with Crippen molar-refractivity contribution in [1.82, 2.24) is 5.53 Å². The van der Waals surface area contributed by atoms with E-state index in [1.165, 1.54) is 11.3 Å². The van der Waals surface area contributed by atoms with E-state index in [0.717, 1.165) is 21.7 Å². The summed E-state index contributed by atoms with van der Waals surface area (Å²) >= 11 is 4.93. The van der Waals surface area contributed by atoms with Crippen molar-refractivity contribution in [2.45, 2.75) is 0 Å². The third-order valence-electron chi connectivity index (χ3n) is 1.55. The van der Waals surface area contributed by atoms with Gasteiger partial charge in [-0.1, -0.05) is 0 Å². The van der Waals surface area contributed by atoms with Crippen molar-refractivity contribution in [2.24, 2.45) is 5.10 Å². The lowest BCUT2D eigenvalue weighted by Crippen LogP contribution is -2.30. The van der Waals surface area contributed by atoms with Gasteiger partial charge in [0.1, 0.15) is 10.7 Å². The minimum atomic E-state index is 0.750. The van der Waals surface area contributed by atoms with E-state index in [-0.39, 0.29) is 0 Å². The number of nitrogens with two attached hydrogens (primary N) is 1. The molecule has 0 bridgehead atoms. The van der Waals surface area contributed by atoms with Gasteiger partial charge in [-0.25, -0.2) is 5.53 Å². The summed E-state index contributed by atoms with van der Waals surface area (Å²) in [7, 11) is 0. The van der Waals surface area contributed by atoms with Gasteiger partial charge in [0.2, 0.25) is 0 Å². The number of nitrogens with one attached hydrogen (secondary N) is 1. The van der Waals surface area contributed by atoms with E-state index in [1.54, 1.807) is 6.21 Å². The smallest absolute Gasteiger partial charge is 0.113 e. The molecule has 2 rings (SSSR count). The highest BCUT2D eigenvalue weighted by Gasteiger charge is 2.16. The third-order valence-corrected chi connectivity index (χ3v) is 3.26. The highest BCUT2D eigenvalue weighted by molar-refractivity contribution is 9.10. The average Bonchev–Trinajstić information content (AvgIpc) is 2.61. The molecule has 1 aromatic rings. The van der Waals surface area contributed by atoms with Crippen LogP contribution in [0.2, 0.25) is 0 Å². The molecule has 1 aliphatic rings. The molecule has 64 valence electrons. The monoisotopic (exact) mass is 246 g/mol. The Morgan fingerprint density at radius 3 is 3.08 bits per heavy atom. The molecule has 0 atom stereocenters. The Labute approximate surface area is 82.1 Å². The first-order valence-corrected chi connectivity index (χ1v) is 5.03. The molecular weight excluding hydrogens is 240 g/mol. The molecule has 0 aliphatic carbocycles. The molecule has 3 N–H and O–H groups in total. The fraction of sp³-hybridized carbons (Fsp3) is 0.167. The molecule has 4 nitrogen and oxygen atoms in total. The molecular formula is C6H7BrN4S. The quantitative estimate of drug-likeness (QED) is 0.788. The number of rotatable bonds is 1. The fourth-order valence-corrected chi connectivity index (χ4v) is 2.53. The van der Waals surface area contributed by atoms with Gasteiger partial charge in [0.25, 0.3) is 0 Å². The van der Waals surface area contributed by atoms with E-state index in [1.807, 2.05) is 10.4 Å². The second-order valence-electron chi connectivity index (χ2n) is 2.32. The van der Waals surface area contributed by atoms with Gasteiger partial charge in [-0.05, 0) is 15.9 Å². The average molecular weight is 247 g/mol. The molecule has 0 spiro atoms. The zero-order valence-electron chi connectivity index (χ0n) is 6.12. The van der Waals surface area contributed by atoms with Gasteiger partial charge in [-0.3, -0.25) is 5.01 Å². The van der Waals surface area contributed by atoms with Crippen LogP contribution in [0.15, 0.2) is 15.0 Å². The molecule has 6 heteroatoms. The maximum atomic E-state index is 5.77. The van der Waals surface area contributed by atoms with Gasteiger partial charge < -0.3 is 5.73 Å². The Morgan fingerprint density at radius 2 is 2.58 bits per heavy atom. The first-order valence-electron chi connectivity index (χ1n) is 3.36. The molecule has 2 heterocycles. The fourth-order valence-electron chi connectivity index (χ4n) is 1.02. The summed E-state index contributed by atoms with van der Waals surface area (Å²) in [5, 5.41) is 8.52. The van der Waals surface area contributed by atoms with Crippen molar-refractivity contribution in [1.29, 1.82) is 0 Å². The third kappa shape index (κ3) is 1.16. The van der Waals surface area contributed by atoms with Crippen LogP contribution in [0, 0.1) is 0 Å². The van der Waals surface area contributed by atoms with Crippen LogP contribution in [-0.4, -0.2) is 12.8 Å². The molecule has 1 aliphatic heterocycles. The molecule has 0 saturated heterocycles. The Morgan fingerprint density at radius 1 is 1.75 bits per heavy atom. The van der Waals surface area contributed by atoms with E-state index in [2.05, 4.69) is 26.6 Å². The van der Waals surface area contributed by atoms with Crippen molar-refractivity contribution < 1.29 is 0 Å². The van der Waals surface area contributed by atoms with Gasteiger partial charge in [0.05, 0.1) is 11.0 Å². The number of hydrazine groups is 1. The Kier molecular flexibility index (Phi) is 1.93. The summed E-state index contributed by atoms with van der Waals surface area (Å²) in [4.78, 5) is 0. The molecule has 12 heavy (non-hydrogen) atoms. The van der Waals surface area contributed by atoms with Gasteiger partial charge >= 0.3 is 0 Å². The minimum Gasteiger partial charge on any atom is -0.389 e. The number of hydrogen-bond donors (Lipinski definition) is 2. The molecule has 1 aromatic heterocycles. The molecule has 0 aromatic carbocycles. The van der Waals surface area contributed by atoms with Gasteiger partial charge in [0, 0.05) is 11.6 Å². The number of hydrogen-bond acceptors (Lipinski definition) is 5. The van der Waals surface area contributed by atoms with Crippen molar-refractivity contribution in [3.63, 3.8) is 0 Å². The SMILES string of the molecule is Nc1scc(Br)c1N1CC=NN1. The van der Waals surface area contributed by atoms with Crippen LogP contribution < -0.4 is 16.3 Å². The van der Waals surface area contributed by atoms with Crippen LogP contribution >= 0.6 is 27.3 Å². The summed E-state index contributed by atoms with van der Waals surface area (Å²) in [6, 6.07) is 0. The Hall–Kier alpha value is -0.750. The maximum absolute atomic E-state index is 5.77. The normalized spacial score (nSPS) is 15.2. The van der Waals surface area contributed by atoms with Crippen LogP contribution in [0.4, 0.5) is 10.7 Å². The number of nitrogens with zero attached hydrogens (tertiary/aromatic N) is 2. The van der Waals surface area contributed by atoms with Crippen molar-refractivity contribution in [2.75, 3.05) is 17.3 Å². The van der Waals surface area contributed by atoms with E-state index >= 15 is 0 Å². The first kappa shape index (κ1) is 7.88. The van der Waals surface area contributed by atoms with Crippen molar-refractivity contribution >= 4 is 44.2 Å². The zero-order chi connectivity index (χ0) is 8.55. The van der Waals surface area contributed by atoms with E-state index in [0.29, 0.717) is 0 Å². The number of nitrogen functional groups attached to an aromatic ring is 1. The summed E-state index contributed by atoms with van der Waals surface area (Å²) in [5.41, 5.74) is 9.58. The number of hydrazone groups is 1. The topological polar surface area (TPSA) is 53.6 Å². The lowest BCUT2D eigenvalue weighted by Gasteiger charge is -2.16. The van der Waals surface area contributed by atoms with E-state index < -0.39 is 0 Å². The summed E-state index contributed by atoms with van der Waals surface area (Å²) in [6.45, 7) is 0.750. The lowest BCUT2D eigenvalue weighted by molar-refractivity contribution is 0.750. The van der Waals surface area contributed by atoms with Crippen LogP contribution in [0.3, 0.4) is 0 Å². The predicted octanol–water partition coefficient (Wildman–Crippen LogP) is 1.40. The van der Waals surface area contributed by atoms with Crippen LogP contribution in [0.25, 0.3) is 0 Å². The highest BCUT2D eigenvalue weighted by Crippen LogP contribution is 2.37. The second-order valence-corrected chi connectivity index (χ2v) is 4.08. The highest BCUT2D eigenvalue weighted by atomic mass is 79.9. The molecule has 0 fully saturated rings. The van der Waals surface area contributed by atoms with Crippen LogP contribution in [0.5, 0.6) is 0 Å². The maximum Gasteiger partial charge on any atom is 0.113 e. The van der Waals surface area contributed by atoms with Crippen LogP contribution in [-0.2, 0) is 0 Å². The molecule has 0 amide bonds. The Bertz CT molecular complexity index is 294. The van der Waals surface area contributed by atoms with E-state index in [4.69, 9.17) is 5.73 Å². The molecule has 0 unspecified atom stereocenters. The predicted molar refractivity (Wildman–Crippen MR) is 55.4 cm³/mol. The van der Waals surface area contributed by atoms with E-state index in [9.17, 15) is 0 Å². The summed E-state index contributed by atoms with van der Waals surface area (Å²) in [5.74, 6) is 0. The first-order chi connectivity index (χ1) is 5.79. The van der Waals surface area contributed by atoms with Crippen molar-refractivity contribution in [3.8, 4) is 0 Å².